The molecule has 0 radical (unpaired) electrons. The summed E-state index contributed by atoms with van der Waals surface area (Å²) in [5.74, 6) is 0. The standard InChI is InChI=1S/C9H21N3O2/c1-5-6-9(3,12(13)14)7-11-8(2)10-4/h8,10-11H,5-7H2,1-4H3. The van der Waals surface area contributed by atoms with Crippen molar-refractivity contribution in [3.8, 4) is 0 Å². The first kappa shape index (κ1) is 13.3. The molecule has 0 saturated heterocycles. The molecule has 2 atom stereocenters. The van der Waals surface area contributed by atoms with E-state index in [1.165, 1.54) is 0 Å². The summed E-state index contributed by atoms with van der Waals surface area (Å²) in [5, 5.41) is 16.9. The SMILES string of the molecule is CCCC(C)(CNC(C)NC)[N+](=O)[O-]. The van der Waals surface area contributed by atoms with Gasteiger partial charge >= 0.3 is 0 Å². The van der Waals surface area contributed by atoms with Gasteiger partial charge in [-0.05, 0) is 20.4 Å². The first-order chi connectivity index (χ1) is 6.46. The fraction of sp³-hybridized carbons (Fsp3) is 1.00. The van der Waals surface area contributed by atoms with Crippen LogP contribution < -0.4 is 10.6 Å². The Labute approximate surface area is 85.4 Å². The van der Waals surface area contributed by atoms with Crippen molar-refractivity contribution in [2.24, 2.45) is 0 Å². The van der Waals surface area contributed by atoms with E-state index in [0.29, 0.717) is 13.0 Å². The minimum atomic E-state index is -0.847. The zero-order valence-electron chi connectivity index (χ0n) is 9.46. The topological polar surface area (TPSA) is 67.2 Å². The molecule has 5 heteroatoms. The molecule has 0 aliphatic rings. The van der Waals surface area contributed by atoms with Crippen molar-refractivity contribution in [3.63, 3.8) is 0 Å². The van der Waals surface area contributed by atoms with E-state index in [0.717, 1.165) is 6.42 Å². The van der Waals surface area contributed by atoms with Crippen molar-refractivity contribution >= 4 is 0 Å². The van der Waals surface area contributed by atoms with Crippen LogP contribution in [0.4, 0.5) is 0 Å². The summed E-state index contributed by atoms with van der Waals surface area (Å²) in [5.41, 5.74) is -0.847. The smallest absolute Gasteiger partial charge is 0.231 e. The van der Waals surface area contributed by atoms with Crippen LogP contribution in [0, 0.1) is 10.1 Å². The third-order valence-electron chi connectivity index (χ3n) is 2.45. The third kappa shape index (κ3) is 4.02. The first-order valence-electron chi connectivity index (χ1n) is 5.01. The van der Waals surface area contributed by atoms with Crippen LogP contribution in [-0.2, 0) is 0 Å². The Kier molecular flexibility index (Phi) is 5.64. The quantitative estimate of drug-likeness (QED) is 0.367. The van der Waals surface area contributed by atoms with E-state index in [9.17, 15) is 10.1 Å². The van der Waals surface area contributed by atoms with Gasteiger partial charge in [-0.15, -0.1) is 0 Å². The zero-order chi connectivity index (χ0) is 11.2. The molecular formula is C9H21N3O2. The van der Waals surface area contributed by atoms with E-state index >= 15 is 0 Å². The fourth-order valence-corrected chi connectivity index (χ4v) is 1.26. The molecule has 2 unspecified atom stereocenters. The van der Waals surface area contributed by atoms with Crippen molar-refractivity contribution in [2.75, 3.05) is 13.6 Å². The van der Waals surface area contributed by atoms with Crippen LogP contribution in [0.2, 0.25) is 0 Å². The van der Waals surface area contributed by atoms with Gasteiger partial charge in [0.2, 0.25) is 5.54 Å². The lowest BCUT2D eigenvalue weighted by atomic mass is 9.97. The zero-order valence-corrected chi connectivity index (χ0v) is 9.46. The summed E-state index contributed by atoms with van der Waals surface area (Å²) in [7, 11) is 1.82. The van der Waals surface area contributed by atoms with Crippen LogP contribution in [0.5, 0.6) is 0 Å². The van der Waals surface area contributed by atoms with E-state index in [1.807, 2.05) is 20.9 Å². The van der Waals surface area contributed by atoms with Gasteiger partial charge in [-0.1, -0.05) is 6.92 Å². The van der Waals surface area contributed by atoms with E-state index in [-0.39, 0.29) is 11.1 Å². The molecule has 0 heterocycles. The second-order valence-corrected chi connectivity index (χ2v) is 3.90. The van der Waals surface area contributed by atoms with Crippen LogP contribution in [0.25, 0.3) is 0 Å². The lowest BCUT2D eigenvalue weighted by Crippen LogP contribution is -2.50. The Balaban J connectivity index is 4.16. The summed E-state index contributed by atoms with van der Waals surface area (Å²) in [6, 6.07) is 0. The molecule has 0 rings (SSSR count). The number of rotatable bonds is 7. The average Bonchev–Trinajstić information content (AvgIpc) is 2.14. The van der Waals surface area contributed by atoms with E-state index in [2.05, 4.69) is 10.6 Å². The van der Waals surface area contributed by atoms with Crippen LogP contribution >= 0.6 is 0 Å². The van der Waals surface area contributed by atoms with Gasteiger partial charge in [0.1, 0.15) is 0 Å². The first-order valence-corrected chi connectivity index (χ1v) is 5.01. The maximum absolute atomic E-state index is 10.9. The van der Waals surface area contributed by atoms with Crippen molar-refractivity contribution in [3.05, 3.63) is 10.1 Å². The molecule has 2 N–H and O–H groups in total. The summed E-state index contributed by atoms with van der Waals surface area (Å²) in [6.45, 7) is 5.98. The second-order valence-electron chi connectivity index (χ2n) is 3.90. The predicted molar refractivity (Wildman–Crippen MR) is 56.8 cm³/mol. The molecule has 0 aromatic heterocycles. The number of nitrogens with one attached hydrogen (secondary N) is 2. The molecule has 0 amide bonds. The molecule has 0 aromatic rings. The van der Waals surface area contributed by atoms with Gasteiger partial charge < -0.3 is 5.32 Å². The molecule has 14 heavy (non-hydrogen) atoms. The number of nitrogens with zero attached hydrogens (tertiary/aromatic N) is 1. The normalized spacial score (nSPS) is 17.4. The van der Waals surface area contributed by atoms with E-state index < -0.39 is 5.54 Å². The van der Waals surface area contributed by atoms with Crippen LogP contribution in [-0.4, -0.2) is 30.2 Å². The Morgan fingerprint density at radius 3 is 2.50 bits per heavy atom. The van der Waals surface area contributed by atoms with Crippen LogP contribution in [0.1, 0.15) is 33.6 Å². The van der Waals surface area contributed by atoms with Gasteiger partial charge in [0.15, 0.2) is 0 Å². The molecule has 84 valence electrons. The predicted octanol–water partition coefficient (Wildman–Crippen LogP) is 0.977. The summed E-state index contributed by atoms with van der Waals surface area (Å²) in [6.07, 6.45) is 1.53. The summed E-state index contributed by atoms with van der Waals surface area (Å²) >= 11 is 0. The highest BCUT2D eigenvalue weighted by atomic mass is 16.6. The second kappa shape index (κ2) is 5.93. The molecule has 0 bridgehead atoms. The maximum Gasteiger partial charge on any atom is 0.231 e. The molecule has 0 fully saturated rings. The molecule has 0 aliphatic heterocycles. The highest BCUT2D eigenvalue weighted by Crippen LogP contribution is 2.15. The maximum atomic E-state index is 10.9. The highest BCUT2D eigenvalue weighted by molar-refractivity contribution is 4.77. The molecule has 0 aromatic carbocycles. The van der Waals surface area contributed by atoms with E-state index in [1.54, 1.807) is 6.92 Å². The van der Waals surface area contributed by atoms with Gasteiger partial charge in [-0.25, -0.2) is 0 Å². The van der Waals surface area contributed by atoms with Gasteiger partial charge in [0, 0.05) is 18.3 Å². The average molecular weight is 203 g/mol. The molecule has 0 aliphatic carbocycles. The molecule has 0 saturated carbocycles. The van der Waals surface area contributed by atoms with Crippen molar-refractivity contribution in [1.29, 1.82) is 0 Å². The number of hydrogen-bond acceptors (Lipinski definition) is 4. The van der Waals surface area contributed by atoms with Gasteiger partial charge in [-0.3, -0.25) is 15.4 Å². The number of hydrogen-bond donors (Lipinski definition) is 2. The Hall–Kier alpha value is -0.680. The molecule has 0 spiro atoms. The van der Waals surface area contributed by atoms with E-state index in [4.69, 9.17) is 0 Å². The van der Waals surface area contributed by atoms with Gasteiger partial charge in [0.25, 0.3) is 0 Å². The molecular weight excluding hydrogens is 182 g/mol. The summed E-state index contributed by atoms with van der Waals surface area (Å²) < 4.78 is 0. The number of nitro groups is 1. The minimum absolute atomic E-state index is 0.103. The largest absolute Gasteiger partial charge is 0.305 e. The Morgan fingerprint density at radius 2 is 2.14 bits per heavy atom. The van der Waals surface area contributed by atoms with Gasteiger partial charge in [-0.2, -0.15) is 0 Å². The Bertz CT molecular complexity index is 187. The summed E-state index contributed by atoms with van der Waals surface area (Å²) in [4.78, 5) is 10.7. The monoisotopic (exact) mass is 203 g/mol. The van der Waals surface area contributed by atoms with Crippen molar-refractivity contribution < 1.29 is 4.92 Å². The third-order valence-corrected chi connectivity index (χ3v) is 2.45. The molecule has 5 nitrogen and oxygen atoms in total. The highest BCUT2D eigenvalue weighted by Gasteiger charge is 2.35. The van der Waals surface area contributed by atoms with Gasteiger partial charge in [0.05, 0.1) is 12.7 Å². The van der Waals surface area contributed by atoms with Crippen molar-refractivity contribution in [1.82, 2.24) is 10.6 Å². The lowest BCUT2D eigenvalue weighted by Gasteiger charge is -2.23. The van der Waals surface area contributed by atoms with Crippen LogP contribution in [0.15, 0.2) is 0 Å². The van der Waals surface area contributed by atoms with Crippen LogP contribution in [0.3, 0.4) is 0 Å². The fourth-order valence-electron chi connectivity index (χ4n) is 1.26. The van der Waals surface area contributed by atoms with Crippen molar-refractivity contribution in [2.45, 2.75) is 45.3 Å². The lowest BCUT2D eigenvalue weighted by molar-refractivity contribution is -0.564. The Morgan fingerprint density at radius 1 is 1.57 bits per heavy atom. The minimum Gasteiger partial charge on any atom is -0.305 e.